The van der Waals surface area contributed by atoms with Gasteiger partial charge in [0.1, 0.15) is 5.75 Å². The molecule has 0 saturated carbocycles. The lowest BCUT2D eigenvalue weighted by atomic mass is 10.3. The highest BCUT2D eigenvalue weighted by atomic mass is 35.5. The normalized spacial score (nSPS) is 10.2. The number of hydrogen-bond acceptors (Lipinski definition) is 2. The first kappa shape index (κ1) is 13.3. The van der Waals surface area contributed by atoms with Crippen LogP contribution in [-0.4, -0.2) is 7.11 Å². The summed E-state index contributed by atoms with van der Waals surface area (Å²) in [5.41, 5.74) is 0. The van der Waals surface area contributed by atoms with Crippen molar-refractivity contribution in [1.29, 1.82) is 0 Å². The molecule has 0 radical (unpaired) electrons. The second-order valence-electron chi connectivity index (χ2n) is 3.47. The van der Waals surface area contributed by atoms with Gasteiger partial charge in [0.15, 0.2) is 11.5 Å². The van der Waals surface area contributed by atoms with Crippen molar-refractivity contribution in [3.8, 4) is 17.2 Å². The van der Waals surface area contributed by atoms with Gasteiger partial charge in [-0.15, -0.1) is 0 Å². The molecule has 2 aromatic rings. The van der Waals surface area contributed by atoms with Gasteiger partial charge in [0.2, 0.25) is 0 Å². The summed E-state index contributed by atoms with van der Waals surface area (Å²) in [4.78, 5) is 0. The first-order chi connectivity index (χ1) is 8.60. The van der Waals surface area contributed by atoms with E-state index >= 15 is 0 Å². The van der Waals surface area contributed by atoms with Gasteiger partial charge < -0.3 is 9.47 Å². The van der Waals surface area contributed by atoms with E-state index in [1.165, 1.54) is 7.11 Å². The third-order valence-corrected chi connectivity index (χ3v) is 3.22. The molecule has 2 aromatic carbocycles. The highest BCUT2D eigenvalue weighted by Gasteiger charge is 2.10. The SMILES string of the molecule is COc1cc(Cl)c(Cl)cc1Oc1ccc(Cl)cc1. The summed E-state index contributed by atoms with van der Waals surface area (Å²) in [6.07, 6.45) is 0. The standard InChI is InChI=1S/C13H9Cl3O2/c1-17-12-6-10(15)11(16)7-13(12)18-9-4-2-8(14)3-5-9/h2-7H,1H3. The zero-order valence-corrected chi connectivity index (χ0v) is 11.7. The number of methoxy groups -OCH3 is 1. The van der Waals surface area contributed by atoms with E-state index in [4.69, 9.17) is 44.3 Å². The van der Waals surface area contributed by atoms with E-state index < -0.39 is 0 Å². The van der Waals surface area contributed by atoms with E-state index in [2.05, 4.69) is 0 Å². The van der Waals surface area contributed by atoms with Gasteiger partial charge in [0.05, 0.1) is 17.2 Å². The molecule has 2 nitrogen and oxygen atoms in total. The Balaban J connectivity index is 2.33. The summed E-state index contributed by atoms with van der Waals surface area (Å²) in [6.45, 7) is 0. The predicted molar refractivity (Wildman–Crippen MR) is 74.5 cm³/mol. The van der Waals surface area contributed by atoms with Crippen molar-refractivity contribution in [2.45, 2.75) is 0 Å². The minimum absolute atomic E-state index is 0.404. The first-order valence-corrected chi connectivity index (χ1v) is 6.20. The van der Waals surface area contributed by atoms with Crippen LogP contribution in [0.25, 0.3) is 0 Å². The van der Waals surface area contributed by atoms with Gasteiger partial charge in [-0.05, 0) is 24.3 Å². The average Bonchev–Trinajstić information content (AvgIpc) is 2.36. The third kappa shape index (κ3) is 3.02. The fourth-order valence-corrected chi connectivity index (χ4v) is 1.81. The van der Waals surface area contributed by atoms with Crippen molar-refractivity contribution in [1.82, 2.24) is 0 Å². The monoisotopic (exact) mass is 302 g/mol. The fourth-order valence-electron chi connectivity index (χ4n) is 1.38. The van der Waals surface area contributed by atoms with Gasteiger partial charge >= 0.3 is 0 Å². The van der Waals surface area contributed by atoms with Crippen molar-refractivity contribution in [3.63, 3.8) is 0 Å². The summed E-state index contributed by atoms with van der Waals surface area (Å²) in [7, 11) is 1.54. The Morgan fingerprint density at radius 1 is 0.833 bits per heavy atom. The number of halogens is 3. The molecular weight excluding hydrogens is 294 g/mol. The average molecular weight is 304 g/mol. The summed E-state index contributed by atoms with van der Waals surface area (Å²) in [6, 6.07) is 10.2. The lowest BCUT2D eigenvalue weighted by molar-refractivity contribution is 0.379. The molecule has 2 rings (SSSR count). The maximum atomic E-state index is 5.95. The summed E-state index contributed by atoms with van der Waals surface area (Å²) >= 11 is 17.6. The van der Waals surface area contributed by atoms with Gasteiger partial charge in [-0.2, -0.15) is 0 Å². The van der Waals surface area contributed by atoms with Gasteiger partial charge in [0.25, 0.3) is 0 Å². The largest absolute Gasteiger partial charge is 0.493 e. The predicted octanol–water partition coefficient (Wildman–Crippen LogP) is 5.45. The van der Waals surface area contributed by atoms with E-state index in [1.807, 2.05) is 0 Å². The van der Waals surface area contributed by atoms with Crippen LogP contribution in [0.1, 0.15) is 0 Å². The third-order valence-electron chi connectivity index (χ3n) is 2.25. The molecule has 0 saturated heterocycles. The van der Waals surface area contributed by atoms with Crippen LogP contribution in [0.15, 0.2) is 36.4 Å². The molecule has 0 unspecified atom stereocenters. The maximum absolute atomic E-state index is 5.95. The highest BCUT2D eigenvalue weighted by Crippen LogP contribution is 2.38. The quantitative estimate of drug-likeness (QED) is 0.751. The Morgan fingerprint density at radius 2 is 1.39 bits per heavy atom. The van der Waals surface area contributed by atoms with E-state index in [1.54, 1.807) is 36.4 Å². The molecule has 0 amide bonds. The molecule has 0 N–H and O–H groups in total. The van der Waals surface area contributed by atoms with Gasteiger partial charge in [0, 0.05) is 17.2 Å². The molecule has 0 fully saturated rings. The van der Waals surface area contributed by atoms with Crippen molar-refractivity contribution < 1.29 is 9.47 Å². The molecule has 0 aliphatic rings. The van der Waals surface area contributed by atoms with E-state index in [-0.39, 0.29) is 0 Å². The van der Waals surface area contributed by atoms with Gasteiger partial charge in [-0.25, -0.2) is 0 Å². The van der Waals surface area contributed by atoms with Crippen molar-refractivity contribution >= 4 is 34.8 Å². The molecule has 0 atom stereocenters. The molecule has 0 aliphatic carbocycles. The first-order valence-electron chi connectivity index (χ1n) is 5.06. The molecule has 18 heavy (non-hydrogen) atoms. The van der Waals surface area contributed by atoms with Crippen LogP contribution in [0, 0.1) is 0 Å². The molecule has 0 aliphatic heterocycles. The van der Waals surface area contributed by atoms with Crippen molar-refractivity contribution in [2.24, 2.45) is 0 Å². The zero-order valence-electron chi connectivity index (χ0n) is 9.41. The van der Waals surface area contributed by atoms with E-state index in [9.17, 15) is 0 Å². The lowest BCUT2D eigenvalue weighted by Gasteiger charge is -2.11. The molecular formula is C13H9Cl3O2. The van der Waals surface area contributed by atoms with Crippen molar-refractivity contribution in [2.75, 3.05) is 7.11 Å². The number of ether oxygens (including phenoxy) is 2. The molecule has 94 valence electrons. The second kappa shape index (κ2) is 5.70. The summed E-state index contributed by atoms with van der Waals surface area (Å²) in [5, 5.41) is 1.46. The van der Waals surface area contributed by atoms with E-state index in [0.29, 0.717) is 32.3 Å². The van der Waals surface area contributed by atoms with Crippen LogP contribution in [0.3, 0.4) is 0 Å². The Morgan fingerprint density at radius 3 is 1.94 bits per heavy atom. The van der Waals surface area contributed by atoms with Crippen LogP contribution in [0.2, 0.25) is 15.1 Å². The molecule has 5 heteroatoms. The molecule has 0 aromatic heterocycles. The van der Waals surface area contributed by atoms with Crippen LogP contribution in [0.5, 0.6) is 17.2 Å². The van der Waals surface area contributed by atoms with Gasteiger partial charge in [-0.3, -0.25) is 0 Å². The fraction of sp³-hybridized carbons (Fsp3) is 0.0769. The summed E-state index contributed by atoms with van der Waals surface area (Å²) in [5.74, 6) is 1.64. The summed E-state index contributed by atoms with van der Waals surface area (Å²) < 4.78 is 10.8. The minimum atomic E-state index is 0.404. The van der Waals surface area contributed by atoms with Crippen LogP contribution in [0.4, 0.5) is 0 Å². The maximum Gasteiger partial charge on any atom is 0.170 e. The van der Waals surface area contributed by atoms with Gasteiger partial charge in [-0.1, -0.05) is 34.8 Å². The number of rotatable bonds is 3. The Hall–Kier alpha value is -1.09. The minimum Gasteiger partial charge on any atom is -0.493 e. The van der Waals surface area contributed by atoms with Crippen LogP contribution in [-0.2, 0) is 0 Å². The highest BCUT2D eigenvalue weighted by molar-refractivity contribution is 6.42. The molecule has 0 spiro atoms. The number of hydrogen-bond donors (Lipinski definition) is 0. The number of benzene rings is 2. The Labute approximate surface area is 120 Å². The topological polar surface area (TPSA) is 18.5 Å². The second-order valence-corrected chi connectivity index (χ2v) is 4.72. The van der Waals surface area contributed by atoms with E-state index in [0.717, 1.165) is 0 Å². The Kier molecular flexibility index (Phi) is 4.23. The van der Waals surface area contributed by atoms with Crippen LogP contribution >= 0.6 is 34.8 Å². The Bertz CT molecular complexity index is 553. The zero-order chi connectivity index (χ0) is 13.1. The van der Waals surface area contributed by atoms with Crippen molar-refractivity contribution in [3.05, 3.63) is 51.5 Å². The molecule has 0 bridgehead atoms. The lowest BCUT2D eigenvalue weighted by Crippen LogP contribution is -1.90. The van der Waals surface area contributed by atoms with Crippen LogP contribution < -0.4 is 9.47 Å². The smallest absolute Gasteiger partial charge is 0.170 e. The molecule has 0 heterocycles.